The number of carbonyl (C=O) groups is 3. The highest BCUT2D eigenvalue weighted by molar-refractivity contribution is 7.86. The first-order valence-corrected chi connectivity index (χ1v) is 14.1. The van der Waals surface area contributed by atoms with Gasteiger partial charge in [0.2, 0.25) is 0 Å². The molecule has 0 radical (unpaired) electrons. The maximum atomic E-state index is 13.2. The van der Waals surface area contributed by atoms with Crippen LogP contribution in [0.25, 0.3) is 0 Å². The minimum atomic E-state index is -3.80. The van der Waals surface area contributed by atoms with E-state index in [1.54, 1.807) is 6.08 Å². The number of allylic oxidation sites excluding steroid dienone is 1. The van der Waals surface area contributed by atoms with Crippen molar-refractivity contribution in [2.45, 2.75) is 76.9 Å². The van der Waals surface area contributed by atoms with Crippen LogP contribution in [0.4, 0.5) is 0 Å². The molecular weight excluding hydrogens is 460 g/mol. The molecule has 34 heavy (non-hydrogen) atoms. The van der Waals surface area contributed by atoms with Crippen molar-refractivity contribution in [3.8, 4) is 0 Å². The molecule has 0 amide bonds. The molecule has 0 bridgehead atoms. The van der Waals surface area contributed by atoms with E-state index in [2.05, 4.69) is 13.8 Å². The standard InChI is InChI=1S/C25H34O8S/c1-23-8-5-15(26)11-14(23)12-16(22(28)31-3)20-17-6-9-25(10-7-19(27)32-25)24(17,2)13-18(21(20)23)33-34(4,29)30/h11,16-18,20-21H,5-10,12-13H2,1-4H3/t16-,17+,18-,20+,21?,23+,24+,25?/m1/s1. The fourth-order valence-corrected chi connectivity index (χ4v) is 9.26. The van der Waals surface area contributed by atoms with E-state index < -0.39 is 38.6 Å². The number of rotatable bonds is 3. The third-order valence-corrected chi connectivity index (χ3v) is 10.7. The number of carbonyl (C=O) groups excluding carboxylic acids is 3. The lowest BCUT2D eigenvalue weighted by Gasteiger charge is -2.62. The second kappa shape index (κ2) is 7.63. The number of methoxy groups -OCH3 is 1. The van der Waals surface area contributed by atoms with E-state index in [4.69, 9.17) is 13.7 Å². The molecule has 0 aromatic heterocycles. The van der Waals surface area contributed by atoms with Crippen molar-refractivity contribution in [3.63, 3.8) is 0 Å². The zero-order valence-electron chi connectivity index (χ0n) is 20.3. The monoisotopic (exact) mass is 494 g/mol. The van der Waals surface area contributed by atoms with Gasteiger partial charge in [0.1, 0.15) is 5.60 Å². The maximum Gasteiger partial charge on any atom is 0.309 e. The van der Waals surface area contributed by atoms with Gasteiger partial charge in [-0.25, -0.2) is 0 Å². The van der Waals surface area contributed by atoms with Crippen LogP contribution in [0, 0.1) is 34.5 Å². The van der Waals surface area contributed by atoms with E-state index in [1.165, 1.54) is 7.11 Å². The summed E-state index contributed by atoms with van der Waals surface area (Å²) in [6.45, 7) is 4.18. The Morgan fingerprint density at radius 1 is 1.15 bits per heavy atom. The average Bonchev–Trinajstić information content (AvgIpc) is 3.26. The third-order valence-electron chi connectivity index (χ3n) is 10.1. The molecule has 4 aliphatic carbocycles. The molecule has 188 valence electrons. The molecule has 4 fully saturated rings. The van der Waals surface area contributed by atoms with Crippen LogP contribution in [-0.4, -0.2) is 51.2 Å². The lowest BCUT2D eigenvalue weighted by molar-refractivity contribution is -0.193. The Labute approximate surface area is 200 Å². The van der Waals surface area contributed by atoms with Crippen molar-refractivity contribution in [1.82, 2.24) is 0 Å². The first-order valence-electron chi connectivity index (χ1n) is 12.3. The molecule has 2 unspecified atom stereocenters. The minimum absolute atomic E-state index is 0.0356. The Kier molecular flexibility index (Phi) is 5.38. The zero-order valence-corrected chi connectivity index (χ0v) is 21.1. The number of fused-ring (bicyclic) bond motifs is 6. The molecule has 0 N–H and O–H groups in total. The van der Waals surface area contributed by atoms with E-state index in [0.29, 0.717) is 44.9 Å². The van der Waals surface area contributed by atoms with Crippen molar-refractivity contribution < 1.29 is 36.5 Å². The van der Waals surface area contributed by atoms with Crippen LogP contribution in [0.2, 0.25) is 0 Å². The highest BCUT2D eigenvalue weighted by Crippen LogP contribution is 2.71. The Balaban J connectivity index is 1.68. The summed E-state index contributed by atoms with van der Waals surface area (Å²) < 4.78 is 42.0. The van der Waals surface area contributed by atoms with Gasteiger partial charge in [0.05, 0.1) is 25.4 Å². The quantitative estimate of drug-likeness (QED) is 0.435. The van der Waals surface area contributed by atoms with Crippen LogP contribution in [0.15, 0.2) is 11.6 Å². The molecule has 8 nitrogen and oxygen atoms in total. The number of ether oxygens (including phenoxy) is 2. The SMILES string of the molecule is COC(=O)[C@@H]1CC2=CC(=O)CC[C@]2(C)C2[C@@H]1[C@@H]1CCC3(CCC(=O)O3)[C@@]1(C)C[C@H]2OS(C)(=O)=O. The molecular formula is C25H34O8S. The van der Waals surface area contributed by atoms with Crippen LogP contribution in [0.3, 0.4) is 0 Å². The van der Waals surface area contributed by atoms with Gasteiger partial charge in [-0.15, -0.1) is 0 Å². The van der Waals surface area contributed by atoms with Gasteiger partial charge in [0.15, 0.2) is 5.78 Å². The molecule has 9 heteroatoms. The Morgan fingerprint density at radius 2 is 1.88 bits per heavy atom. The average molecular weight is 495 g/mol. The smallest absolute Gasteiger partial charge is 0.309 e. The van der Waals surface area contributed by atoms with Crippen LogP contribution in [0.5, 0.6) is 0 Å². The zero-order chi connectivity index (χ0) is 24.7. The predicted molar refractivity (Wildman–Crippen MR) is 121 cm³/mol. The Hall–Kier alpha value is -1.74. The molecule has 1 heterocycles. The Morgan fingerprint density at radius 3 is 2.50 bits per heavy atom. The van der Waals surface area contributed by atoms with Crippen molar-refractivity contribution in [2.24, 2.45) is 34.5 Å². The largest absolute Gasteiger partial charge is 0.469 e. The normalized spacial score (nSPS) is 45.8. The van der Waals surface area contributed by atoms with E-state index in [0.717, 1.165) is 18.2 Å². The summed E-state index contributed by atoms with van der Waals surface area (Å²) in [6.07, 6.45) is 6.29. The molecule has 1 spiro atoms. The first kappa shape index (κ1) is 24.0. The highest BCUT2D eigenvalue weighted by Gasteiger charge is 2.71. The Bertz CT molecular complexity index is 1080. The van der Waals surface area contributed by atoms with E-state index in [-0.39, 0.29) is 35.5 Å². The topological polar surface area (TPSA) is 113 Å². The van der Waals surface area contributed by atoms with Crippen molar-refractivity contribution in [2.75, 3.05) is 13.4 Å². The second-order valence-electron chi connectivity index (χ2n) is 11.6. The summed E-state index contributed by atoms with van der Waals surface area (Å²) in [5.41, 5.74) is -0.753. The highest BCUT2D eigenvalue weighted by atomic mass is 32.2. The molecule has 8 atom stereocenters. The summed E-state index contributed by atoms with van der Waals surface area (Å²) in [6, 6.07) is 0. The molecule has 5 rings (SSSR count). The summed E-state index contributed by atoms with van der Waals surface area (Å²) in [5.74, 6) is -1.47. The molecule has 1 saturated heterocycles. The van der Waals surface area contributed by atoms with Gasteiger partial charge in [0.25, 0.3) is 10.1 Å². The van der Waals surface area contributed by atoms with Gasteiger partial charge >= 0.3 is 11.9 Å². The number of ketones is 1. The van der Waals surface area contributed by atoms with Crippen molar-refractivity contribution in [1.29, 1.82) is 0 Å². The summed E-state index contributed by atoms with van der Waals surface area (Å²) in [5, 5.41) is 0. The van der Waals surface area contributed by atoms with Crippen LogP contribution in [-0.2, 0) is 38.2 Å². The summed E-state index contributed by atoms with van der Waals surface area (Å²) >= 11 is 0. The lowest BCUT2D eigenvalue weighted by atomic mass is 9.43. The molecule has 5 aliphatic rings. The van der Waals surface area contributed by atoms with E-state index in [9.17, 15) is 22.8 Å². The van der Waals surface area contributed by atoms with Gasteiger partial charge < -0.3 is 9.47 Å². The first-order chi connectivity index (χ1) is 15.8. The maximum absolute atomic E-state index is 13.2. The predicted octanol–water partition coefficient (Wildman–Crippen LogP) is 2.95. The summed E-state index contributed by atoms with van der Waals surface area (Å²) in [4.78, 5) is 37.7. The van der Waals surface area contributed by atoms with Crippen LogP contribution < -0.4 is 0 Å². The van der Waals surface area contributed by atoms with Gasteiger partial charge in [-0.1, -0.05) is 19.4 Å². The van der Waals surface area contributed by atoms with E-state index >= 15 is 0 Å². The van der Waals surface area contributed by atoms with Gasteiger partial charge in [-0.05, 0) is 67.8 Å². The number of hydrogen-bond acceptors (Lipinski definition) is 8. The van der Waals surface area contributed by atoms with Crippen molar-refractivity contribution >= 4 is 27.8 Å². The molecule has 0 aromatic carbocycles. The lowest BCUT2D eigenvalue weighted by Crippen LogP contribution is -2.63. The third kappa shape index (κ3) is 3.33. The van der Waals surface area contributed by atoms with Crippen LogP contribution in [0.1, 0.15) is 65.2 Å². The fraction of sp³-hybridized carbons (Fsp3) is 0.800. The molecule has 1 aliphatic heterocycles. The summed E-state index contributed by atoms with van der Waals surface area (Å²) in [7, 11) is -2.44. The minimum Gasteiger partial charge on any atom is -0.469 e. The molecule has 3 saturated carbocycles. The fourth-order valence-electron chi connectivity index (χ4n) is 8.63. The van der Waals surface area contributed by atoms with Gasteiger partial charge in [0, 0.05) is 18.3 Å². The number of esters is 2. The number of hydrogen-bond donors (Lipinski definition) is 0. The second-order valence-corrected chi connectivity index (χ2v) is 13.2. The van der Waals surface area contributed by atoms with Gasteiger partial charge in [-0.3, -0.25) is 18.6 Å². The van der Waals surface area contributed by atoms with E-state index in [1.807, 2.05) is 0 Å². The van der Waals surface area contributed by atoms with Gasteiger partial charge in [-0.2, -0.15) is 8.42 Å². The molecule has 0 aromatic rings. The van der Waals surface area contributed by atoms with Crippen molar-refractivity contribution in [3.05, 3.63) is 11.6 Å². The van der Waals surface area contributed by atoms with Crippen LogP contribution >= 0.6 is 0 Å².